The van der Waals surface area contributed by atoms with Crippen molar-refractivity contribution in [3.63, 3.8) is 0 Å². The van der Waals surface area contributed by atoms with Crippen LogP contribution in [0.2, 0.25) is 0 Å². The molecule has 54 valence electrons. The van der Waals surface area contributed by atoms with Crippen molar-refractivity contribution in [2.45, 2.75) is 25.7 Å². The Morgan fingerprint density at radius 3 is 2.33 bits per heavy atom. The molecule has 0 aromatic rings. The van der Waals surface area contributed by atoms with Gasteiger partial charge in [-0.25, -0.2) is 5.53 Å². The zero-order valence-electron chi connectivity index (χ0n) is 5.77. The van der Waals surface area contributed by atoms with Gasteiger partial charge in [0.1, 0.15) is 0 Å². The van der Waals surface area contributed by atoms with E-state index in [1.54, 1.807) is 0 Å². The third kappa shape index (κ3) is 7.56. The summed E-state index contributed by atoms with van der Waals surface area (Å²) < 4.78 is 0. The van der Waals surface area contributed by atoms with Crippen molar-refractivity contribution in [3.8, 4) is 0 Å². The van der Waals surface area contributed by atoms with Crippen LogP contribution < -0.4 is 5.73 Å². The predicted molar refractivity (Wildman–Crippen MR) is 37.5 cm³/mol. The Balaban J connectivity index is 2.66. The standard InChI is InChI=1S/C6H15N3/c7-5-3-1-2-4-6-9-8/h8H,1-7H2. The second-order valence-electron chi connectivity index (χ2n) is 2.08. The molecule has 0 aromatic carbocycles. The monoisotopic (exact) mass is 129 g/mol. The first kappa shape index (κ1) is 8.56. The van der Waals surface area contributed by atoms with Crippen LogP contribution in [0, 0.1) is 5.53 Å². The largest absolute Gasteiger partial charge is 0.330 e. The van der Waals surface area contributed by atoms with Crippen LogP contribution in [-0.4, -0.2) is 13.1 Å². The molecule has 0 saturated heterocycles. The number of rotatable bonds is 6. The number of unbranched alkanes of at least 4 members (excludes halogenated alkanes) is 3. The lowest BCUT2D eigenvalue weighted by Crippen LogP contribution is -1.97. The maximum absolute atomic E-state index is 6.48. The highest BCUT2D eigenvalue weighted by Gasteiger charge is 1.85. The molecule has 0 aliphatic carbocycles. The summed E-state index contributed by atoms with van der Waals surface area (Å²) in [5, 5.41) is 3.25. The van der Waals surface area contributed by atoms with Gasteiger partial charge in [-0.15, -0.1) is 0 Å². The normalized spacial score (nSPS) is 9.44. The van der Waals surface area contributed by atoms with Crippen LogP contribution in [0.3, 0.4) is 0 Å². The summed E-state index contributed by atoms with van der Waals surface area (Å²) in [6, 6.07) is 0. The molecular weight excluding hydrogens is 114 g/mol. The second-order valence-corrected chi connectivity index (χ2v) is 2.08. The molecule has 0 atom stereocenters. The molecule has 0 amide bonds. The highest BCUT2D eigenvalue weighted by molar-refractivity contribution is 4.44. The Kier molecular flexibility index (Phi) is 7.19. The molecule has 3 N–H and O–H groups in total. The van der Waals surface area contributed by atoms with Crippen LogP contribution in [-0.2, 0) is 0 Å². The number of nitrogens with zero attached hydrogens (tertiary/aromatic N) is 1. The minimum Gasteiger partial charge on any atom is -0.330 e. The minimum absolute atomic E-state index is 0.685. The lowest BCUT2D eigenvalue weighted by atomic mass is 10.2. The van der Waals surface area contributed by atoms with E-state index in [1.807, 2.05) is 0 Å². The van der Waals surface area contributed by atoms with Crippen molar-refractivity contribution >= 4 is 0 Å². The molecule has 0 radical (unpaired) electrons. The first-order valence-electron chi connectivity index (χ1n) is 3.45. The summed E-state index contributed by atoms with van der Waals surface area (Å²) in [5.41, 5.74) is 11.8. The van der Waals surface area contributed by atoms with Gasteiger partial charge in [0.2, 0.25) is 0 Å². The van der Waals surface area contributed by atoms with Crippen molar-refractivity contribution in [3.05, 3.63) is 0 Å². The average Bonchev–Trinajstić information content (AvgIpc) is 1.89. The fourth-order valence-corrected chi connectivity index (χ4v) is 0.689. The molecule has 0 unspecified atom stereocenters. The van der Waals surface area contributed by atoms with Gasteiger partial charge in [0.15, 0.2) is 0 Å². The van der Waals surface area contributed by atoms with E-state index in [9.17, 15) is 0 Å². The van der Waals surface area contributed by atoms with Gasteiger partial charge in [0.25, 0.3) is 0 Å². The van der Waals surface area contributed by atoms with Crippen LogP contribution in [0.4, 0.5) is 0 Å². The highest BCUT2D eigenvalue weighted by atomic mass is 14.9. The van der Waals surface area contributed by atoms with E-state index >= 15 is 0 Å². The molecule has 0 bridgehead atoms. The topological polar surface area (TPSA) is 62.2 Å². The summed E-state index contributed by atoms with van der Waals surface area (Å²) in [6.45, 7) is 1.47. The lowest BCUT2D eigenvalue weighted by Gasteiger charge is -1.93. The van der Waals surface area contributed by atoms with Crippen LogP contribution in [0.15, 0.2) is 5.11 Å². The molecule has 3 nitrogen and oxygen atoms in total. The zero-order chi connectivity index (χ0) is 6.95. The van der Waals surface area contributed by atoms with Gasteiger partial charge in [0.05, 0.1) is 6.54 Å². The third-order valence-electron chi connectivity index (χ3n) is 1.22. The molecule has 0 fully saturated rings. The van der Waals surface area contributed by atoms with Gasteiger partial charge in [-0.05, 0) is 19.4 Å². The molecule has 3 heteroatoms. The fraction of sp³-hybridized carbons (Fsp3) is 1.00. The van der Waals surface area contributed by atoms with E-state index in [-0.39, 0.29) is 0 Å². The van der Waals surface area contributed by atoms with E-state index in [0.717, 1.165) is 19.4 Å². The van der Waals surface area contributed by atoms with Gasteiger partial charge in [-0.3, -0.25) is 0 Å². The maximum Gasteiger partial charge on any atom is 0.0596 e. The van der Waals surface area contributed by atoms with Crippen molar-refractivity contribution in [1.29, 1.82) is 5.53 Å². The van der Waals surface area contributed by atoms with E-state index in [0.29, 0.717) is 6.54 Å². The van der Waals surface area contributed by atoms with E-state index in [4.69, 9.17) is 11.3 Å². The number of hydrogen-bond donors (Lipinski definition) is 2. The van der Waals surface area contributed by atoms with Crippen LogP contribution in [0.1, 0.15) is 25.7 Å². The van der Waals surface area contributed by atoms with E-state index < -0.39 is 0 Å². The average molecular weight is 129 g/mol. The fourth-order valence-electron chi connectivity index (χ4n) is 0.689. The van der Waals surface area contributed by atoms with E-state index in [2.05, 4.69) is 5.11 Å². The quantitative estimate of drug-likeness (QED) is 0.414. The molecule has 0 aliphatic heterocycles. The smallest absolute Gasteiger partial charge is 0.0596 e. The Morgan fingerprint density at radius 2 is 1.78 bits per heavy atom. The van der Waals surface area contributed by atoms with Crippen molar-refractivity contribution < 1.29 is 0 Å². The predicted octanol–water partition coefficient (Wildman–Crippen LogP) is 1.54. The molecular formula is C6H15N3. The number of nitrogens with two attached hydrogens (primary N) is 1. The summed E-state index contributed by atoms with van der Waals surface area (Å²) in [4.78, 5) is 0. The zero-order valence-corrected chi connectivity index (χ0v) is 5.77. The number of nitrogens with one attached hydrogen (secondary N) is 1. The van der Waals surface area contributed by atoms with Gasteiger partial charge in [-0.1, -0.05) is 12.8 Å². The summed E-state index contributed by atoms with van der Waals surface area (Å²) >= 11 is 0. The molecule has 9 heavy (non-hydrogen) atoms. The Bertz CT molecular complexity index is 63.3. The SMILES string of the molecule is N=NCCCCCCN. The first-order valence-corrected chi connectivity index (χ1v) is 3.45. The van der Waals surface area contributed by atoms with Gasteiger partial charge in [-0.2, -0.15) is 5.11 Å². The Morgan fingerprint density at radius 1 is 1.11 bits per heavy atom. The molecule has 0 saturated carbocycles. The second kappa shape index (κ2) is 7.56. The van der Waals surface area contributed by atoms with E-state index in [1.165, 1.54) is 12.8 Å². The maximum atomic E-state index is 6.48. The third-order valence-corrected chi connectivity index (χ3v) is 1.22. The minimum atomic E-state index is 0.685. The Hall–Kier alpha value is -0.440. The molecule has 0 aliphatic rings. The van der Waals surface area contributed by atoms with Crippen LogP contribution in [0.25, 0.3) is 0 Å². The summed E-state index contributed by atoms with van der Waals surface area (Å²) in [7, 11) is 0. The van der Waals surface area contributed by atoms with Crippen molar-refractivity contribution in [2.75, 3.05) is 13.1 Å². The Labute approximate surface area is 56.1 Å². The van der Waals surface area contributed by atoms with Crippen molar-refractivity contribution in [1.82, 2.24) is 0 Å². The highest BCUT2D eigenvalue weighted by Crippen LogP contribution is 1.97. The summed E-state index contributed by atoms with van der Waals surface area (Å²) in [5.74, 6) is 0. The molecule has 0 heterocycles. The molecule has 0 rings (SSSR count). The number of hydrogen-bond acceptors (Lipinski definition) is 3. The summed E-state index contributed by atoms with van der Waals surface area (Å²) in [6.07, 6.45) is 4.51. The van der Waals surface area contributed by atoms with Gasteiger partial charge < -0.3 is 5.73 Å². The van der Waals surface area contributed by atoms with Crippen LogP contribution >= 0.6 is 0 Å². The van der Waals surface area contributed by atoms with Gasteiger partial charge in [0, 0.05) is 0 Å². The first-order chi connectivity index (χ1) is 4.41. The van der Waals surface area contributed by atoms with Gasteiger partial charge >= 0.3 is 0 Å². The van der Waals surface area contributed by atoms with Crippen molar-refractivity contribution in [2.24, 2.45) is 10.8 Å². The molecule has 0 aromatic heterocycles. The molecule has 0 spiro atoms. The lowest BCUT2D eigenvalue weighted by molar-refractivity contribution is 0.642. The van der Waals surface area contributed by atoms with Crippen LogP contribution in [0.5, 0.6) is 0 Å².